The third kappa shape index (κ3) is 6.40. The Morgan fingerprint density at radius 2 is 0.967 bits per heavy atom. The summed E-state index contributed by atoms with van der Waals surface area (Å²) in [5.74, 6) is 0.974. The number of halogens is 2. The molecule has 0 radical (unpaired) electrons. The summed E-state index contributed by atoms with van der Waals surface area (Å²) in [5, 5.41) is 15.9. The van der Waals surface area contributed by atoms with Gasteiger partial charge in [0.05, 0.1) is 0 Å². The number of nitrogens with two attached hydrogens (primary N) is 2. The average molecular weight is 447 g/mol. The number of hydrogen-bond acceptors (Lipinski definition) is 4. The molecule has 6 N–H and O–H groups in total. The van der Waals surface area contributed by atoms with Gasteiger partial charge in [0, 0.05) is 11.1 Å². The van der Waals surface area contributed by atoms with Crippen LogP contribution < -0.4 is 20.9 Å². The Bertz CT molecular complexity index is 881. The van der Waals surface area contributed by atoms with Gasteiger partial charge in [-0.1, -0.05) is 54.6 Å². The van der Waals surface area contributed by atoms with Crippen molar-refractivity contribution in [2.75, 3.05) is 0 Å². The topological polar surface area (TPSA) is 118 Å². The smallest absolute Gasteiger partial charge is 0.180 e. The maximum atomic E-state index is 7.93. The molecule has 6 nitrogen and oxygen atoms in total. The van der Waals surface area contributed by atoms with Gasteiger partial charge < -0.3 is 20.9 Å². The summed E-state index contributed by atoms with van der Waals surface area (Å²) in [6, 6.07) is 25.6. The van der Waals surface area contributed by atoms with Crippen LogP contribution in [0.1, 0.15) is 23.3 Å². The molecule has 8 heteroatoms. The molecule has 0 amide bonds. The van der Waals surface area contributed by atoms with Gasteiger partial charge in [0.15, 0.2) is 12.2 Å². The van der Waals surface area contributed by atoms with E-state index in [1.54, 1.807) is 36.4 Å². The second kappa shape index (κ2) is 11.7. The van der Waals surface area contributed by atoms with Crippen LogP contribution in [0.5, 0.6) is 11.5 Å². The summed E-state index contributed by atoms with van der Waals surface area (Å²) in [6.07, 6.45) is -1.52. The molecule has 0 fully saturated rings. The van der Waals surface area contributed by atoms with Crippen LogP contribution in [0, 0.1) is 10.8 Å². The van der Waals surface area contributed by atoms with Crippen LogP contribution in [0.15, 0.2) is 84.9 Å². The van der Waals surface area contributed by atoms with Crippen molar-refractivity contribution in [2.24, 2.45) is 11.5 Å². The highest BCUT2D eigenvalue weighted by atomic mass is 35.5. The van der Waals surface area contributed by atoms with Crippen LogP contribution in [-0.4, -0.2) is 11.7 Å². The van der Waals surface area contributed by atoms with E-state index in [1.807, 2.05) is 48.5 Å². The normalized spacial score (nSPS) is 11.7. The first kappa shape index (κ1) is 24.8. The molecule has 0 saturated carbocycles. The lowest BCUT2D eigenvalue weighted by Gasteiger charge is -2.22. The van der Waals surface area contributed by atoms with Crippen LogP contribution >= 0.6 is 24.8 Å². The highest BCUT2D eigenvalue weighted by Crippen LogP contribution is 2.27. The number of hydrogen-bond donors (Lipinski definition) is 4. The number of para-hydroxylation sites is 2. The van der Waals surface area contributed by atoms with Crippen molar-refractivity contribution in [3.8, 4) is 11.5 Å². The minimum atomic E-state index is -0.758. The van der Waals surface area contributed by atoms with Gasteiger partial charge in [-0.2, -0.15) is 0 Å². The summed E-state index contributed by atoms with van der Waals surface area (Å²) in [4.78, 5) is 0. The molecule has 30 heavy (non-hydrogen) atoms. The molecule has 3 aromatic rings. The maximum Gasteiger partial charge on any atom is 0.180 e. The van der Waals surface area contributed by atoms with E-state index in [-0.39, 0.29) is 36.5 Å². The molecule has 0 aliphatic rings. The summed E-state index contributed by atoms with van der Waals surface area (Å²) < 4.78 is 11.8. The second-order valence-corrected chi connectivity index (χ2v) is 6.20. The minimum absolute atomic E-state index is 0. The Hall–Kier alpha value is -3.22. The van der Waals surface area contributed by atoms with Crippen LogP contribution in [-0.2, 0) is 0 Å². The third-order valence-electron chi connectivity index (χ3n) is 4.08. The van der Waals surface area contributed by atoms with E-state index in [2.05, 4.69) is 0 Å². The van der Waals surface area contributed by atoms with E-state index in [1.165, 1.54) is 0 Å². The van der Waals surface area contributed by atoms with Crippen molar-refractivity contribution in [3.63, 3.8) is 0 Å². The number of nitrogens with one attached hydrogen (secondary N) is 2. The quantitative estimate of drug-likeness (QED) is 0.297. The zero-order chi connectivity index (χ0) is 19.9. The number of amidine groups is 2. The summed E-state index contributed by atoms with van der Waals surface area (Å²) in [7, 11) is 0. The highest BCUT2D eigenvalue weighted by Gasteiger charge is 2.22. The molecule has 0 spiro atoms. The lowest BCUT2D eigenvalue weighted by molar-refractivity contribution is 0.264. The molecule has 0 aromatic heterocycles. The standard InChI is InChI=1S/C22H22N4O2.2ClH/c23-21(24)19(27-17-10-3-1-4-11-17)15-8-7-9-16(14-15)20(22(25)26)28-18-12-5-2-6-13-18;;/h1-14,19-20H,(H3,23,24)(H3,25,26);2*1H. The molecule has 2 atom stereocenters. The van der Waals surface area contributed by atoms with E-state index in [0.29, 0.717) is 22.6 Å². The van der Waals surface area contributed by atoms with Crippen molar-refractivity contribution in [1.82, 2.24) is 0 Å². The van der Waals surface area contributed by atoms with Crippen molar-refractivity contribution in [2.45, 2.75) is 12.2 Å². The van der Waals surface area contributed by atoms with Crippen LogP contribution in [0.3, 0.4) is 0 Å². The predicted octanol–water partition coefficient (Wildman–Crippen LogP) is 4.64. The van der Waals surface area contributed by atoms with E-state index >= 15 is 0 Å². The second-order valence-electron chi connectivity index (χ2n) is 6.20. The average Bonchev–Trinajstić information content (AvgIpc) is 2.71. The Kier molecular flexibility index (Phi) is 9.68. The van der Waals surface area contributed by atoms with Crippen molar-refractivity contribution in [3.05, 3.63) is 96.1 Å². The summed E-state index contributed by atoms with van der Waals surface area (Å²) in [6.45, 7) is 0. The fourth-order valence-electron chi connectivity index (χ4n) is 2.78. The van der Waals surface area contributed by atoms with E-state index in [9.17, 15) is 0 Å². The minimum Gasteiger partial charge on any atom is -0.478 e. The fraction of sp³-hybridized carbons (Fsp3) is 0.0909. The van der Waals surface area contributed by atoms with Gasteiger partial charge in [0.25, 0.3) is 0 Å². The van der Waals surface area contributed by atoms with Crippen LogP contribution in [0.25, 0.3) is 0 Å². The molecule has 0 aliphatic heterocycles. The summed E-state index contributed by atoms with van der Waals surface area (Å²) in [5.41, 5.74) is 12.9. The van der Waals surface area contributed by atoms with Gasteiger partial charge in [-0.05, 0) is 30.3 Å². The zero-order valence-corrected chi connectivity index (χ0v) is 17.7. The first-order valence-electron chi connectivity index (χ1n) is 8.75. The molecule has 3 aromatic carbocycles. The summed E-state index contributed by atoms with van der Waals surface area (Å²) >= 11 is 0. The van der Waals surface area contributed by atoms with Gasteiger partial charge in [0.1, 0.15) is 23.2 Å². The SMILES string of the molecule is Cl.Cl.N=C(N)C(Oc1ccccc1)c1cccc(C(Oc2ccccc2)C(=N)N)c1. The molecule has 158 valence electrons. The van der Waals surface area contributed by atoms with Gasteiger partial charge in [-0.3, -0.25) is 10.8 Å². The number of ether oxygens (including phenoxy) is 2. The van der Waals surface area contributed by atoms with E-state index < -0.39 is 12.2 Å². The molecule has 3 rings (SSSR count). The predicted molar refractivity (Wildman–Crippen MR) is 124 cm³/mol. The molecular weight excluding hydrogens is 423 g/mol. The van der Waals surface area contributed by atoms with Gasteiger partial charge in [-0.25, -0.2) is 0 Å². The zero-order valence-electron chi connectivity index (χ0n) is 16.0. The van der Waals surface area contributed by atoms with Crippen molar-refractivity contribution in [1.29, 1.82) is 10.8 Å². The molecule has 0 heterocycles. The Balaban J connectivity index is 0.00000225. The molecule has 0 aliphatic carbocycles. The van der Waals surface area contributed by atoms with Gasteiger partial charge in [0.2, 0.25) is 0 Å². The highest BCUT2D eigenvalue weighted by molar-refractivity contribution is 5.86. The first-order chi connectivity index (χ1) is 13.5. The number of rotatable bonds is 8. The van der Waals surface area contributed by atoms with Gasteiger partial charge >= 0.3 is 0 Å². The lowest BCUT2D eigenvalue weighted by Crippen LogP contribution is -2.27. The molecule has 0 saturated heterocycles. The Labute approximate surface area is 188 Å². The largest absolute Gasteiger partial charge is 0.478 e. The van der Waals surface area contributed by atoms with Gasteiger partial charge in [-0.15, -0.1) is 24.8 Å². The van der Waals surface area contributed by atoms with E-state index in [0.717, 1.165) is 0 Å². The van der Waals surface area contributed by atoms with E-state index in [4.69, 9.17) is 31.8 Å². The van der Waals surface area contributed by atoms with Crippen molar-refractivity contribution >= 4 is 36.5 Å². The number of benzene rings is 3. The van der Waals surface area contributed by atoms with Crippen LogP contribution in [0.2, 0.25) is 0 Å². The first-order valence-corrected chi connectivity index (χ1v) is 8.75. The lowest BCUT2D eigenvalue weighted by atomic mass is 10.0. The molecular formula is C22H24Cl2N4O2. The Morgan fingerprint density at radius 1 is 0.600 bits per heavy atom. The molecule has 0 bridgehead atoms. The molecule has 2 unspecified atom stereocenters. The Morgan fingerprint density at radius 3 is 1.30 bits per heavy atom. The van der Waals surface area contributed by atoms with Crippen LogP contribution in [0.4, 0.5) is 0 Å². The third-order valence-corrected chi connectivity index (χ3v) is 4.08. The monoisotopic (exact) mass is 446 g/mol. The fourth-order valence-corrected chi connectivity index (χ4v) is 2.78. The maximum absolute atomic E-state index is 7.93. The van der Waals surface area contributed by atoms with Crippen molar-refractivity contribution < 1.29 is 9.47 Å².